The molecule has 0 aliphatic rings. The zero-order valence-electron chi connectivity index (χ0n) is 10.8. The van der Waals surface area contributed by atoms with Crippen LogP contribution in [0.1, 0.15) is 28.4 Å². The number of hydrogen-bond donors (Lipinski definition) is 1. The SMILES string of the molecule is CCc1ccc(CSc2ccccc2C(=O)O)cc1. The van der Waals surface area contributed by atoms with Crippen LogP contribution in [0.4, 0.5) is 0 Å². The van der Waals surface area contributed by atoms with Gasteiger partial charge in [0.2, 0.25) is 0 Å². The molecule has 19 heavy (non-hydrogen) atoms. The van der Waals surface area contributed by atoms with Crippen LogP contribution in [0.15, 0.2) is 53.4 Å². The van der Waals surface area contributed by atoms with Gasteiger partial charge in [0.05, 0.1) is 5.56 Å². The first-order chi connectivity index (χ1) is 9.20. The Kier molecular flexibility index (Phi) is 4.63. The Morgan fingerprint density at radius 3 is 2.32 bits per heavy atom. The zero-order valence-corrected chi connectivity index (χ0v) is 11.6. The zero-order chi connectivity index (χ0) is 13.7. The monoisotopic (exact) mass is 272 g/mol. The third-order valence-corrected chi connectivity index (χ3v) is 4.09. The summed E-state index contributed by atoms with van der Waals surface area (Å²) in [7, 11) is 0. The Balaban J connectivity index is 2.07. The molecule has 0 heterocycles. The summed E-state index contributed by atoms with van der Waals surface area (Å²) in [5.41, 5.74) is 2.90. The summed E-state index contributed by atoms with van der Waals surface area (Å²) in [5.74, 6) is -0.0849. The lowest BCUT2D eigenvalue weighted by molar-refractivity contribution is 0.0693. The van der Waals surface area contributed by atoms with Gasteiger partial charge in [-0.1, -0.05) is 43.3 Å². The summed E-state index contributed by atoms with van der Waals surface area (Å²) in [6, 6.07) is 15.6. The summed E-state index contributed by atoms with van der Waals surface area (Å²) in [6.45, 7) is 2.13. The van der Waals surface area contributed by atoms with Crippen molar-refractivity contribution in [1.82, 2.24) is 0 Å². The standard InChI is InChI=1S/C16H16O2S/c1-2-12-7-9-13(10-8-12)11-19-15-6-4-3-5-14(15)16(17)18/h3-10H,2,11H2,1H3,(H,17,18). The van der Waals surface area contributed by atoms with E-state index < -0.39 is 5.97 Å². The van der Waals surface area contributed by atoms with Crippen LogP contribution >= 0.6 is 11.8 Å². The minimum Gasteiger partial charge on any atom is -0.478 e. The van der Waals surface area contributed by atoms with Gasteiger partial charge in [-0.2, -0.15) is 0 Å². The highest BCUT2D eigenvalue weighted by Gasteiger charge is 2.09. The van der Waals surface area contributed by atoms with E-state index >= 15 is 0 Å². The normalized spacial score (nSPS) is 10.4. The van der Waals surface area contributed by atoms with E-state index in [0.717, 1.165) is 17.1 Å². The Labute approximate surface area is 117 Å². The molecule has 0 radical (unpaired) electrons. The van der Waals surface area contributed by atoms with Crippen LogP contribution in [0, 0.1) is 0 Å². The fourth-order valence-electron chi connectivity index (χ4n) is 1.80. The first kappa shape index (κ1) is 13.7. The van der Waals surface area contributed by atoms with Crippen molar-refractivity contribution in [1.29, 1.82) is 0 Å². The molecule has 0 bridgehead atoms. The highest BCUT2D eigenvalue weighted by molar-refractivity contribution is 7.98. The molecule has 0 spiro atoms. The summed E-state index contributed by atoms with van der Waals surface area (Å²) in [5, 5.41) is 9.12. The summed E-state index contributed by atoms with van der Waals surface area (Å²) in [4.78, 5) is 11.9. The van der Waals surface area contributed by atoms with E-state index in [2.05, 4.69) is 31.2 Å². The Hall–Kier alpha value is -1.74. The molecule has 0 amide bonds. The third-order valence-electron chi connectivity index (χ3n) is 2.94. The number of aryl methyl sites for hydroxylation is 1. The summed E-state index contributed by atoms with van der Waals surface area (Å²) in [6.07, 6.45) is 1.04. The van der Waals surface area contributed by atoms with E-state index in [0.29, 0.717) is 5.56 Å². The molecule has 2 rings (SSSR count). The van der Waals surface area contributed by atoms with E-state index in [1.54, 1.807) is 23.9 Å². The lowest BCUT2D eigenvalue weighted by Crippen LogP contribution is -1.98. The van der Waals surface area contributed by atoms with E-state index in [9.17, 15) is 4.79 Å². The fraction of sp³-hybridized carbons (Fsp3) is 0.188. The maximum absolute atomic E-state index is 11.1. The maximum Gasteiger partial charge on any atom is 0.336 e. The highest BCUT2D eigenvalue weighted by atomic mass is 32.2. The topological polar surface area (TPSA) is 37.3 Å². The van der Waals surface area contributed by atoms with Gasteiger partial charge in [0, 0.05) is 10.6 Å². The van der Waals surface area contributed by atoms with Gasteiger partial charge >= 0.3 is 5.97 Å². The van der Waals surface area contributed by atoms with E-state index in [1.807, 2.05) is 12.1 Å². The molecule has 0 aliphatic carbocycles. The molecule has 0 aliphatic heterocycles. The fourth-order valence-corrected chi connectivity index (χ4v) is 2.80. The average molecular weight is 272 g/mol. The van der Waals surface area contributed by atoms with Crippen molar-refractivity contribution in [3.8, 4) is 0 Å². The number of carbonyl (C=O) groups is 1. The molecule has 0 unspecified atom stereocenters. The van der Waals surface area contributed by atoms with E-state index in [1.165, 1.54) is 11.1 Å². The van der Waals surface area contributed by atoms with Crippen LogP contribution < -0.4 is 0 Å². The smallest absolute Gasteiger partial charge is 0.336 e. The number of rotatable bonds is 5. The van der Waals surface area contributed by atoms with Crippen LogP contribution in [-0.2, 0) is 12.2 Å². The predicted molar refractivity (Wildman–Crippen MR) is 78.8 cm³/mol. The number of aromatic carboxylic acids is 1. The second kappa shape index (κ2) is 6.43. The van der Waals surface area contributed by atoms with Crippen LogP contribution in [-0.4, -0.2) is 11.1 Å². The quantitative estimate of drug-likeness (QED) is 0.827. The van der Waals surface area contributed by atoms with Crippen molar-refractivity contribution in [2.75, 3.05) is 0 Å². The van der Waals surface area contributed by atoms with Crippen molar-refractivity contribution in [2.45, 2.75) is 24.0 Å². The largest absolute Gasteiger partial charge is 0.478 e. The first-order valence-corrected chi connectivity index (χ1v) is 7.22. The number of carboxylic acids is 1. The van der Waals surface area contributed by atoms with Crippen LogP contribution in [0.25, 0.3) is 0 Å². The number of benzene rings is 2. The van der Waals surface area contributed by atoms with Gasteiger partial charge in [-0.25, -0.2) is 4.79 Å². The van der Waals surface area contributed by atoms with Gasteiger partial charge < -0.3 is 5.11 Å². The lowest BCUT2D eigenvalue weighted by atomic mass is 10.1. The second-order valence-corrected chi connectivity index (χ2v) is 5.28. The average Bonchev–Trinajstić information content (AvgIpc) is 2.46. The molecule has 0 saturated carbocycles. The number of hydrogen-bond acceptors (Lipinski definition) is 2. The molecule has 98 valence electrons. The lowest BCUT2D eigenvalue weighted by Gasteiger charge is -2.06. The van der Waals surface area contributed by atoms with Crippen LogP contribution in [0.3, 0.4) is 0 Å². The van der Waals surface area contributed by atoms with Gasteiger partial charge in [-0.15, -0.1) is 11.8 Å². The molecule has 0 aromatic heterocycles. The second-order valence-electron chi connectivity index (χ2n) is 4.26. The predicted octanol–water partition coefficient (Wildman–Crippen LogP) is 4.24. The van der Waals surface area contributed by atoms with Gasteiger partial charge in [0.25, 0.3) is 0 Å². The molecule has 0 fully saturated rings. The molecule has 2 aromatic rings. The van der Waals surface area contributed by atoms with Crippen molar-refractivity contribution < 1.29 is 9.90 Å². The van der Waals surface area contributed by atoms with Gasteiger partial charge in [0.1, 0.15) is 0 Å². The number of thioether (sulfide) groups is 1. The molecular formula is C16H16O2S. The molecular weight excluding hydrogens is 256 g/mol. The van der Waals surface area contributed by atoms with Crippen molar-refractivity contribution in [3.63, 3.8) is 0 Å². The molecule has 0 saturated heterocycles. The molecule has 2 aromatic carbocycles. The van der Waals surface area contributed by atoms with Crippen LogP contribution in [0.2, 0.25) is 0 Å². The molecule has 0 atom stereocenters. The Morgan fingerprint density at radius 2 is 1.68 bits per heavy atom. The first-order valence-electron chi connectivity index (χ1n) is 6.23. The van der Waals surface area contributed by atoms with Crippen molar-refractivity contribution in [3.05, 3.63) is 65.2 Å². The summed E-state index contributed by atoms with van der Waals surface area (Å²) >= 11 is 1.56. The van der Waals surface area contributed by atoms with Gasteiger partial charge in [-0.05, 0) is 29.7 Å². The number of carboxylic acid groups (broad SMARTS) is 1. The van der Waals surface area contributed by atoms with E-state index in [-0.39, 0.29) is 0 Å². The third kappa shape index (κ3) is 3.61. The van der Waals surface area contributed by atoms with Crippen LogP contribution in [0.5, 0.6) is 0 Å². The van der Waals surface area contributed by atoms with Crippen molar-refractivity contribution >= 4 is 17.7 Å². The van der Waals surface area contributed by atoms with Crippen molar-refractivity contribution in [2.24, 2.45) is 0 Å². The Bertz CT molecular complexity index is 561. The Morgan fingerprint density at radius 1 is 1.05 bits per heavy atom. The maximum atomic E-state index is 11.1. The molecule has 3 heteroatoms. The minimum absolute atomic E-state index is 0.373. The van der Waals surface area contributed by atoms with Gasteiger partial charge in [-0.3, -0.25) is 0 Å². The summed E-state index contributed by atoms with van der Waals surface area (Å²) < 4.78 is 0. The van der Waals surface area contributed by atoms with Gasteiger partial charge in [0.15, 0.2) is 0 Å². The molecule has 2 nitrogen and oxygen atoms in total. The molecule has 1 N–H and O–H groups in total. The minimum atomic E-state index is -0.871. The van der Waals surface area contributed by atoms with E-state index in [4.69, 9.17) is 5.11 Å². The highest BCUT2D eigenvalue weighted by Crippen LogP contribution is 2.26.